The summed E-state index contributed by atoms with van der Waals surface area (Å²) in [4.78, 5) is 8.83. The van der Waals surface area contributed by atoms with E-state index in [2.05, 4.69) is 20.9 Å². The van der Waals surface area contributed by atoms with Crippen molar-refractivity contribution in [2.75, 3.05) is 13.1 Å². The third kappa shape index (κ3) is 2.21. The Morgan fingerprint density at radius 1 is 1.26 bits per heavy atom. The van der Waals surface area contributed by atoms with Crippen molar-refractivity contribution in [2.24, 2.45) is 0 Å². The van der Waals surface area contributed by atoms with Gasteiger partial charge in [-0.2, -0.15) is 5.10 Å². The number of hydrogen-bond donors (Lipinski definition) is 0. The van der Waals surface area contributed by atoms with Crippen molar-refractivity contribution < 1.29 is 0 Å². The van der Waals surface area contributed by atoms with Gasteiger partial charge in [-0.05, 0) is 31.7 Å². The second-order valence-electron chi connectivity index (χ2n) is 5.52. The molecule has 0 spiro atoms. The molecular weight excluding hydrogens is 256 g/mol. The summed E-state index contributed by atoms with van der Waals surface area (Å²) in [6, 6.07) is 2.56. The lowest BCUT2D eigenvalue weighted by molar-refractivity contribution is 0.0908. The minimum atomic E-state index is 0.560. The highest BCUT2D eigenvalue weighted by Gasteiger charge is 2.29. The molecular formula is C14H18N4S. The number of aromatic nitrogens is 3. The average Bonchev–Trinajstić information content (AvgIpc) is 3.01. The number of likely N-dealkylation sites (tertiary alicyclic amines) is 1. The van der Waals surface area contributed by atoms with E-state index in [4.69, 9.17) is 4.98 Å². The molecule has 0 bridgehead atoms. The Labute approximate surface area is 117 Å². The van der Waals surface area contributed by atoms with E-state index in [-0.39, 0.29) is 0 Å². The van der Waals surface area contributed by atoms with Crippen LogP contribution in [0.1, 0.15) is 34.5 Å². The van der Waals surface area contributed by atoms with Crippen LogP contribution in [0.2, 0.25) is 0 Å². The van der Waals surface area contributed by atoms with E-state index in [1.807, 2.05) is 23.6 Å². The maximum absolute atomic E-state index is 4.81. The summed E-state index contributed by atoms with van der Waals surface area (Å²) >= 11 is 1.94. The molecule has 0 N–H and O–H groups in total. The van der Waals surface area contributed by atoms with Gasteiger partial charge in [0, 0.05) is 30.4 Å². The fraction of sp³-hybridized carbons (Fsp3) is 0.571. The highest BCUT2D eigenvalue weighted by Crippen LogP contribution is 2.29. The van der Waals surface area contributed by atoms with E-state index in [0.29, 0.717) is 6.04 Å². The van der Waals surface area contributed by atoms with E-state index in [9.17, 15) is 0 Å². The largest absolute Gasteiger partial charge is 0.292 e. The van der Waals surface area contributed by atoms with Crippen LogP contribution in [0, 0.1) is 0 Å². The van der Waals surface area contributed by atoms with Gasteiger partial charge in [-0.1, -0.05) is 0 Å². The molecule has 0 amide bonds. The van der Waals surface area contributed by atoms with Gasteiger partial charge in [0.1, 0.15) is 5.01 Å². The van der Waals surface area contributed by atoms with Gasteiger partial charge >= 0.3 is 0 Å². The molecule has 0 radical (unpaired) electrons. The van der Waals surface area contributed by atoms with Gasteiger partial charge in [-0.25, -0.2) is 4.98 Å². The Morgan fingerprint density at radius 2 is 2.16 bits per heavy atom. The third-order valence-corrected chi connectivity index (χ3v) is 5.23. The Morgan fingerprint density at radius 3 is 2.95 bits per heavy atom. The highest BCUT2D eigenvalue weighted by atomic mass is 32.1. The van der Waals surface area contributed by atoms with Crippen molar-refractivity contribution in [2.45, 2.75) is 38.3 Å². The molecule has 2 aromatic heterocycles. The molecule has 1 saturated heterocycles. The van der Waals surface area contributed by atoms with Crippen LogP contribution in [0.3, 0.4) is 0 Å². The van der Waals surface area contributed by atoms with E-state index in [1.165, 1.54) is 36.4 Å². The summed E-state index contributed by atoms with van der Waals surface area (Å²) in [6.45, 7) is 3.23. The van der Waals surface area contributed by atoms with Crippen LogP contribution < -0.4 is 0 Å². The zero-order valence-electron chi connectivity index (χ0n) is 11.0. The van der Waals surface area contributed by atoms with E-state index < -0.39 is 0 Å². The number of nitrogens with zero attached hydrogens (tertiary/aromatic N) is 4. The first-order valence-electron chi connectivity index (χ1n) is 7.07. The second-order valence-corrected chi connectivity index (χ2v) is 6.69. The van der Waals surface area contributed by atoms with Crippen molar-refractivity contribution in [3.05, 3.63) is 34.0 Å². The predicted octanol–water partition coefficient (Wildman–Crippen LogP) is 2.28. The van der Waals surface area contributed by atoms with Crippen LogP contribution in [0.4, 0.5) is 0 Å². The van der Waals surface area contributed by atoms with E-state index in [0.717, 1.165) is 19.6 Å². The normalized spacial score (nSPS) is 20.2. The summed E-state index contributed by atoms with van der Waals surface area (Å²) in [5, 5.41) is 5.62. The van der Waals surface area contributed by atoms with Crippen molar-refractivity contribution >= 4 is 11.3 Å². The molecule has 0 saturated carbocycles. The molecule has 5 heteroatoms. The van der Waals surface area contributed by atoms with Gasteiger partial charge in [-0.3, -0.25) is 9.58 Å². The molecule has 0 atom stereocenters. The Balaban J connectivity index is 1.37. The van der Waals surface area contributed by atoms with Crippen molar-refractivity contribution in [3.8, 4) is 0 Å². The third-order valence-electron chi connectivity index (χ3n) is 4.09. The minimum Gasteiger partial charge on any atom is -0.292 e. The molecule has 19 heavy (non-hydrogen) atoms. The van der Waals surface area contributed by atoms with Crippen molar-refractivity contribution in [1.29, 1.82) is 0 Å². The Bertz CT molecular complexity index is 531. The van der Waals surface area contributed by atoms with Gasteiger partial charge in [-0.15, -0.1) is 11.3 Å². The van der Waals surface area contributed by atoms with E-state index in [1.54, 1.807) is 4.88 Å². The summed E-state index contributed by atoms with van der Waals surface area (Å²) in [6.07, 6.45) is 9.04. The van der Waals surface area contributed by atoms with Gasteiger partial charge in [0.25, 0.3) is 0 Å². The molecule has 2 aliphatic rings. The smallest absolute Gasteiger partial charge is 0.107 e. The Hall–Kier alpha value is -1.20. The fourth-order valence-corrected chi connectivity index (χ4v) is 4.20. The zero-order chi connectivity index (χ0) is 12.7. The van der Waals surface area contributed by atoms with Crippen LogP contribution in [-0.4, -0.2) is 32.8 Å². The number of fused-ring (bicyclic) bond motifs is 1. The molecule has 1 aliphatic heterocycles. The number of aryl methyl sites for hydroxylation is 2. The number of hydrogen-bond acceptors (Lipinski definition) is 4. The van der Waals surface area contributed by atoms with Crippen LogP contribution in [0.5, 0.6) is 0 Å². The summed E-state index contributed by atoms with van der Waals surface area (Å²) in [5.74, 6) is 0. The van der Waals surface area contributed by atoms with Gasteiger partial charge < -0.3 is 0 Å². The first kappa shape index (κ1) is 11.6. The minimum absolute atomic E-state index is 0.560. The van der Waals surface area contributed by atoms with Crippen LogP contribution in [0.25, 0.3) is 0 Å². The second kappa shape index (κ2) is 4.72. The number of thiazole rings is 1. The van der Waals surface area contributed by atoms with E-state index >= 15 is 0 Å². The topological polar surface area (TPSA) is 34.0 Å². The maximum Gasteiger partial charge on any atom is 0.107 e. The molecule has 0 aromatic carbocycles. The molecule has 4 nitrogen and oxygen atoms in total. The first-order chi connectivity index (χ1) is 9.38. The van der Waals surface area contributed by atoms with Crippen LogP contribution in [-0.2, 0) is 19.4 Å². The summed E-state index contributed by atoms with van der Waals surface area (Å²) in [5.41, 5.74) is 1.38. The number of rotatable bonds is 3. The molecule has 1 aliphatic carbocycles. The summed E-state index contributed by atoms with van der Waals surface area (Å²) in [7, 11) is 0. The quantitative estimate of drug-likeness (QED) is 0.861. The molecule has 4 rings (SSSR count). The SMILES string of the molecule is c1cnn(C2CN(Cc3nc4c(s3)CCCC4)C2)c1. The Kier molecular flexibility index (Phi) is 2.89. The fourth-order valence-electron chi connectivity index (χ4n) is 3.00. The summed E-state index contributed by atoms with van der Waals surface area (Å²) < 4.78 is 2.07. The van der Waals surface area contributed by atoms with Crippen LogP contribution in [0.15, 0.2) is 18.5 Å². The molecule has 1 fully saturated rings. The standard InChI is InChI=1S/C14H18N4S/c1-2-5-13-12(4-1)16-14(19-13)10-17-8-11(9-17)18-7-3-6-15-18/h3,6-7,11H,1-2,4-5,8-10H2. The lowest BCUT2D eigenvalue weighted by Crippen LogP contribution is -2.47. The van der Waals surface area contributed by atoms with Crippen molar-refractivity contribution in [3.63, 3.8) is 0 Å². The lowest BCUT2D eigenvalue weighted by Gasteiger charge is -2.38. The van der Waals surface area contributed by atoms with Gasteiger partial charge in [0.05, 0.1) is 18.3 Å². The van der Waals surface area contributed by atoms with Gasteiger partial charge in [0.15, 0.2) is 0 Å². The lowest BCUT2D eigenvalue weighted by atomic mass is 10.0. The molecule has 3 heterocycles. The van der Waals surface area contributed by atoms with Gasteiger partial charge in [0.2, 0.25) is 0 Å². The molecule has 2 aromatic rings. The maximum atomic E-state index is 4.81. The zero-order valence-corrected chi connectivity index (χ0v) is 11.8. The predicted molar refractivity (Wildman–Crippen MR) is 75.3 cm³/mol. The monoisotopic (exact) mass is 274 g/mol. The highest BCUT2D eigenvalue weighted by molar-refractivity contribution is 7.11. The van der Waals surface area contributed by atoms with Crippen molar-refractivity contribution in [1.82, 2.24) is 19.7 Å². The first-order valence-corrected chi connectivity index (χ1v) is 7.89. The molecule has 100 valence electrons. The average molecular weight is 274 g/mol. The van der Waals surface area contributed by atoms with Crippen LogP contribution >= 0.6 is 11.3 Å². The molecule has 0 unspecified atom stereocenters.